The van der Waals surface area contributed by atoms with E-state index in [4.69, 9.17) is 4.74 Å². The maximum absolute atomic E-state index is 12.2. The van der Waals surface area contributed by atoms with Crippen LogP contribution in [-0.4, -0.2) is 36.3 Å². The molecule has 0 atom stereocenters. The Balaban J connectivity index is 1.46. The average Bonchev–Trinajstić information content (AvgIpc) is 2.92. The number of hydrogen-bond donors (Lipinski definition) is 1. The highest BCUT2D eigenvalue weighted by Gasteiger charge is 2.34. The Bertz CT molecular complexity index is 812. The predicted octanol–water partition coefficient (Wildman–Crippen LogP) is 2.39. The Kier molecular flexibility index (Phi) is 5.31. The van der Waals surface area contributed by atoms with Gasteiger partial charge in [0.15, 0.2) is 0 Å². The fourth-order valence-electron chi connectivity index (χ4n) is 2.91. The van der Waals surface area contributed by atoms with Crippen LogP contribution in [0.3, 0.4) is 0 Å². The zero-order valence-corrected chi connectivity index (χ0v) is 14.5. The van der Waals surface area contributed by atoms with Crippen molar-refractivity contribution in [2.45, 2.75) is 19.4 Å². The molecule has 2 aromatic rings. The summed E-state index contributed by atoms with van der Waals surface area (Å²) >= 11 is 0. The minimum atomic E-state index is -0.289. The summed E-state index contributed by atoms with van der Waals surface area (Å²) in [5, 5.41) is 2.83. The summed E-state index contributed by atoms with van der Waals surface area (Å²) in [6.07, 6.45) is 0.673. The second-order valence-electron chi connectivity index (χ2n) is 6.04. The monoisotopic (exact) mass is 352 g/mol. The molecular formula is C20H20N2O4. The van der Waals surface area contributed by atoms with Crippen LogP contribution >= 0.6 is 0 Å². The van der Waals surface area contributed by atoms with Crippen molar-refractivity contribution in [3.8, 4) is 5.75 Å². The number of imide groups is 1. The molecule has 0 saturated carbocycles. The lowest BCUT2D eigenvalue weighted by atomic mass is 10.1. The number of fused-ring (bicyclic) bond motifs is 1. The van der Waals surface area contributed by atoms with Crippen molar-refractivity contribution in [2.24, 2.45) is 0 Å². The van der Waals surface area contributed by atoms with Gasteiger partial charge in [-0.1, -0.05) is 24.3 Å². The van der Waals surface area contributed by atoms with Gasteiger partial charge in [-0.3, -0.25) is 19.3 Å². The van der Waals surface area contributed by atoms with E-state index in [2.05, 4.69) is 5.32 Å². The average molecular weight is 352 g/mol. The molecule has 26 heavy (non-hydrogen) atoms. The Morgan fingerprint density at radius 2 is 1.73 bits per heavy atom. The molecule has 0 bridgehead atoms. The highest BCUT2D eigenvalue weighted by Crippen LogP contribution is 2.22. The van der Waals surface area contributed by atoms with Gasteiger partial charge in [-0.15, -0.1) is 0 Å². The molecule has 1 aliphatic heterocycles. The lowest BCUT2D eigenvalue weighted by Crippen LogP contribution is -2.32. The van der Waals surface area contributed by atoms with Crippen molar-refractivity contribution in [1.29, 1.82) is 0 Å². The minimum absolute atomic E-state index is 0.121. The molecule has 0 spiro atoms. The van der Waals surface area contributed by atoms with Gasteiger partial charge in [0.1, 0.15) is 5.75 Å². The number of carbonyl (C=O) groups is 3. The van der Waals surface area contributed by atoms with Crippen molar-refractivity contribution in [2.75, 3.05) is 13.7 Å². The number of carbonyl (C=O) groups excluding carboxylic acids is 3. The number of rotatable bonds is 7. The lowest BCUT2D eigenvalue weighted by molar-refractivity contribution is -0.121. The quantitative estimate of drug-likeness (QED) is 0.777. The first-order valence-corrected chi connectivity index (χ1v) is 8.45. The molecule has 6 heteroatoms. The SMILES string of the molecule is COc1cccc(CNC(=O)CCCN2C(=O)c3ccccc3C2=O)c1. The zero-order chi connectivity index (χ0) is 18.5. The summed E-state index contributed by atoms with van der Waals surface area (Å²) in [5.74, 6) is 0.0385. The summed E-state index contributed by atoms with van der Waals surface area (Å²) < 4.78 is 5.15. The van der Waals surface area contributed by atoms with Crippen LogP contribution < -0.4 is 10.1 Å². The van der Waals surface area contributed by atoms with Crippen molar-refractivity contribution in [3.63, 3.8) is 0 Å². The van der Waals surface area contributed by atoms with Gasteiger partial charge in [0.25, 0.3) is 11.8 Å². The van der Waals surface area contributed by atoms with Gasteiger partial charge in [0.2, 0.25) is 5.91 Å². The molecule has 3 amide bonds. The normalized spacial score (nSPS) is 12.9. The molecule has 6 nitrogen and oxygen atoms in total. The maximum Gasteiger partial charge on any atom is 0.261 e. The molecule has 134 valence electrons. The number of amides is 3. The van der Waals surface area contributed by atoms with Crippen molar-refractivity contribution < 1.29 is 19.1 Å². The highest BCUT2D eigenvalue weighted by molar-refractivity contribution is 6.21. The van der Waals surface area contributed by atoms with Gasteiger partial charge < -0.3 is 10.1 Å². The standard InChI is InChI=1S/C20H20N2O4/c1-26-15-7-4-6-14(12-15)13-21-18(23)10-5-11-22-19(24)16-8-2-3-9-17(16)20(22)25/h2-4,6-9,12H,5,10-11,13H2,1H3,(H,21,23). The number of nitrogens with zero attached hydrogens (tertiary/aromatic N) is 1. The van der Waals surface area contributed by atoms with Gasteiger partial charge >= 0.3 is 0 Å². The van der Waals surface area contributed by atoms with Gasteiger partial charge in [-0.05, 0) is 36.2 Å². The first-order chi connectivity index (χ1) is 12.6. The summed E-state index contributed by atoms with van der Waals surface area (Å²) in [5.41, 5.74) is 1.80. The summed E-state index contributed by atoms with van der Waals surface area (Å²) in [7, 11) is 1.59. The van der Waals surface area contributed by atoms with E-state index in [-0.39, 0.29) is 30.7 Å². The smallest absolute Gasteiger partial charge is 0.261 e. The molecule has 1 aliphatic rings. The van der Waals surface area contributed by atoms with Crippen LogP contribution in [0.15, 0.2) is 48.5 Å². The van der Waals surface area contributed by atoms with Crippen LogP contribution in [0.2, 0.25) is 0 Å². The first-order valence-electron chi connectivity index (χ1n) is 8.45. The van der Waals surface area contributed by atoms with E-state index in [0.717, 1.165) is 11.3 Å². The van der Waals surface area contributed by atoms with E-state index in [1.54, 1.807) is 31.4 Å². The maximum atomic E-state index is 12.2. The molecule has 1 N–H and O–H groups in total. The third kappa shape index (κ3) is 3.74. The van der Waals surface area contributed by atoms with Gasteiger partial charge in [-0.25, -0.2) is 0 Å². The Morgan fingerprint density at radius 1 is 1.04 bits per heavy atom. The fraction of sp³-hybridized carbons (Fsp3) is 0.250. The third-order valence-electron chi connectivity index (χ3n) is 4.29. The Morgan fingerprint density at radius 3 is 2.38 bits per heavy atom. The van der Waals surface area contributed by atoms with E-state index >= 15 is 0 Å². The molecule has 0 aromatic heterocycles. The predicted molar refractivity (Wildman–Crippen MR) is 95.9 cm³/mol. The number of ether oxygens (including phenoxy) is 1. The van der Waals surface area contributed by atoms with Crippen LogP contribution in [0.4, 0.5) is 0 Å². The van der Waals surface area contributed by atoms with Gasteiger partial charge in [-0.2, -0.15) is 0 Å². The van der Waals surface area contributed by atoms with Crippen LogP contribution in [-0.2, 0) is 11.3 Å². The summed E-state index contributed by atoms with van der Waals surface area (Å²) in [4.78, 5) is 37.7. The molecule has 0 aliphatic carbocycles. The Labute approximate surface area is 151 Å². The number of methoxy groups -OCH3 is 1. The Hall–Kier alpha value is -3.15. The van der Waals surface area contributed by atoms with Crippen molar-refractivity contribution in [1.82, 2.24) is 10.2 Å². The summed E-state index contributed by atoms with van der Waals surface area (Å²) in [6, 6.07) is 14.2. The number of benzene rings is 2. The molecule has 0 fully saturated rings. The van der Waals surface area contributed by atoms with E-state index < -0.39 is 0 Å². The van der Waals surface area contributed by atoms with Gasteiger partial charge in [0, 0.05) is 19.5 Å². The second kappa shape index (κ2) is 7.82. The zero-order valence-electron chi connectivity index (χ0n) is 14.5. The first kappa shape index (κ1) is 17.7. The number of nitrogens with one attached hydrogen (secondary N) is 1. The summed E-state index contributed by atoms with van der Waals surface area (Å²) in [6.45, 7) is 0.641. The molecule has 3 rings (SSSR count). The molecular weight excluding hydrogens is 332 g/mol. The third-order valence-corrected chi connectivity index (χ3v) is 4.29. The van der Waals surface area contributed by atoms with Crippen molar-refractivity contribution >= 4 is 17.7 Å². The van der Waals surface area contributed by atoms with Crippen molar-refractivity contribution in [3.05, 3.63) is 65.2 Å². The fourth-order valence-corrected chi connectivity index (χ4v) is 2.91. The molecule has 1 heterocycles. The number of hydrogen-bond acceptors (Lipinski definition) is 4. The lowest BCUT2D eigenvalue weighted by Gasteiger charge is -2.13. The topological polar surface area (TPSA) is 75.7 Å². The van der Waals surface area contributed by atoms with Gasteiger partial charge in [0.05, 0.1) is 18.2 Å². The molecule has 0 radical (unpaired) electrons. The van der Waals surface area contributed by atoms with E-state index in [1.807, 2.05) is 24.3 Å². The molecule has 0 saturated heterocycles. The van der Waals surface area contributed by atoms with Crippen LogP contribution in [0.25, 0.3) is 0 Å². The van der Waals surface area contributed by atoms with Crippen LogP contribution in [0.5, 0.6) is 5.75 Å². The molecule has 0 unspecified atom stereocenters. The minimum Gasteiger partial charge on any atom is -0.497 e. The molecule has 2 aromatic carbocycles. The van der Waals surface area contributed by atoms with E-state index in [9.17, 15) is 14.4 Å². The van der Waals surface area contributed by atoms with Crippen LogP contribution in [0, 0.1) is 0 Å². The highest BCUT2D eigenvalue weighted by atomic mass is 16.5. The second-order valence-corrected chi connectivity index (χ2v) is 6.04. The van der Waals surface area contributed by atoms with E-state index in [1.165, 1.54) is 4.90 Å². The van der Waals surface area contributed by atoms with E-state index in [0.29, 0.717) is 24.1 Å². The van der Waals surface area contributed by atoms with Crippen LogP contribution in [0.1, 0.15) is 39.1 Å². The largest absolute Gasteiger partial charge is 0.497 e.